The van der Waals surface area contributed by atoms with Crippen molar-refractivity contribution in [2.75, 3.05) is 13.1 Å². The molecule has 0 radical (unpaired) electrons. The number of hydrogen-bond donors (Lipinski definition) is 2. The number of hydrogen-bond acceptors (Lipinski definition) is 3. The average molecular weight is 298 g/mol. The second-order valence-electron chi connectivity index (χ2n) is 6.97. The van der Waals surface area contributed by atoms with Gasteiger partial charge in [0, 0.05) is 5.92 Å². The van der Waals surface area contributed by atoms with E-state index in [1.165, 1.54) is 0 Å². The van der Waals surface area contributed by atoms with Crippen molar-refractivity contribution in [2.45, 2.75) is 46.5 Å². The maximum atomic E-state index is 12.4. The number of carbonyl (C=O) groups is 3. The van der Waals surface area contributed by atoms with Crippen molar-refractivity contribution in [1.82, 2.24) is 4.90 Å². The molecular formula is C15H26N2O4. The summed E-state index contributed by atoms with van der Waals surface area (Å²) in [6, 6.07) is 0. The van der Waals surface area contributed by atoms with Gasteiger partial charge in [-0.05, 0) is 37.0 Å². The van der Waals surface area contributed by atoms with Gasteiger partial charge in [0.2, 0.25) is 11.8 Å². The highest BCUT2D eigenvalue weighted by Gasteiger charge is 2.34. The van der Waals surface area contributed by atoms with Crippen molar-refractivity contribution in [3.8, 4) is 0 Å². The Hall–Kier alpha value is -1.59. The maximum Gasteiger partial charge on any atom is 0.323 e. The molecule has 0 aromatic carbocycles. The van der Waals surface area contributed by atoms with Crippen molar-refractivity contribution in [2.24, 2.45) is 23.0 Å². The molecule has 2 amide bonds. The Bertz CT molecular complexity index is 390. The molecule has 6 nitrogen and oxygen atoms in total. The first-order chi connectivity index (χ1) is 9.61. The van der Waals surface area contributed by atoms with E-state index in [0.717, 1.165) is 30.6 Å². The number of rotatable bonds is 5. The van der Waals surface area contributed by atoms with Crippen molar-refractivity contribution >= 4 is 17.8 Å². The molecule has 0 bridgehead atoms. The van der Waals surface area contributed by atoms with Crippen LogP contribution in [0.5, 0.6) is 0 Å². The first kappa shape index (κ1) is 17.5. The third-order valence-corrected chi connectivity index (χ3v) is 4.29. The monoisotopic (exact) mass is 298 g/mol. The van der Waals surface area contributed by atoms with E-state index < -0.39 is 18.4 Å². The Labute approximate surface area is 125 Å². The minimum atomic E-state index is -1.13. The van der Waals surface area contributed by atoms with Gasteiger partial charge in [-0.2, -0.15) is 0 Å². The lowest BCUT2D eigenvalue weighted by atomic mass is 9.69. The largest absolute Gasteiger partial charge is 0.480 e. The fourth-order valence-electron chi connectivity index (χ4n) is 3.03. The molecule has 1 saturated carbocycles. The topological polar surface area (TPSA) is 101 Å². The van der Waals surface area contributed by atoms with Gasteiger partial charge >= 0.3 is 5.97 Å². The van der Waals surface area contributed by atoms with Crippen LogP contribution in [-0.2, 0) is 14.4 Å². The molecule has 1 aliphatic carbocycles. The summed E-state index contributed by atoms with van der Waals surface area (Å²) in [4.78, 5) is 35.3. The zero-order valence-electron chi connectivity index (χ0n) is 13.1. The van der Waals surface area contributed by atoms with Gasteiger partial charge in [0.15, 0.2) is 0 Å². The van der Waals surface area contributed by atoms with E-state index >= 15 is 0 Å². The predicted molar refractivity (Wildman–Crippen MR) is 78.3 cm³/mol. The van der Waals surface area contributed by atoms with Gasteiger partial charge in [-0.3, -0.25) is 14.4 Å². The second-order valence-corrected chi connectivity index (χ2v) is 6.97. The van der Waals surface area contributed by atoms with E-state index in [1.807, 2.05) is 0 Å². The fraction of sp³-hybridized carbons (Fsp3) is 0.800. The molecular weight excluding hydrogens is 272 g/mol. The molecule has 0 aliphatic heterocycles. The normalized spacial score (nSPS) is 22.6. The van der Waals surface area contributed by atoms with Crippen LogP contribution in [0.4, 0.5) is 0 Å². The predicted octanol–water partition coefficient (Wildman–Crippen LogP) is 1.24. The highest BCUT2D eigenvalue weighted by Crippen LogP contribution is 2.40. The summed E-state index contributed by atoms with van der Waals surface area (Å²) in [5.74, 6) is -1.70. The third-order valence-electron chi connectivity index (χ3n) is 4.29. The van der Waals surface area contributed by atoms with Gasteiger partial charge in [-0.25, -0.2) is 0 Å². The molecule has 0 unspecified atom stereocenters. The summed E-state index contributed by atoms with van der Waals surface area (Å²) in [6.45, 7) is 5.79. The van der Waals surface area contributed by atoms with E-state index in [9.17, 15) is 14.4 Å². The molecule has 120 valence electrons. The molecule has 0 aromatic rings. The van der Waals surface area contributed by atoms with Crippen LogP contribution >= 0.6 is 0 Å². The number of carbonyl (C=O) groups excluding carboxylic acids is 2. The summed E-state index contributed by atoms with van der Waals surface area (Å²) in [5, 5.41) is 8.85. The summed E-state index contributed by atoms with van der Waals surface area (Å²) >= 11 is 0. The molecule has 3 N–H and O–H groups in total. The number of nitrogens with two attached hydrogens (primary N) is 1. The molecule has 21 heavy (non-hydrogen) atoms. The standard InChI is InChI=1S/C15H26N2O4/c1-15(2,3)11-6-4-10(5-7-11)14(21)17(8-12(16)18)9-13(19)20/h10-11H,4-9H2,1-3H3,(H2,16,18)(H,19,20). The fourth-order valence-corrected chi connectivity index (χ4v) is 3.03. The third kappa shape index (κ3) is 5.36. The number of carboxylic acid groups (broad SMARTS) is 1. The second kappa shape index (κ2) is 6.91. The summed E-state index contributed by atoms with van der Waals surface area (Å²) in [5.41, 5.74) is 5.31. The van der Waals surface area contributed by atoms with Gasteiger partial charge in [0.05, 0.1) is 6.54 Å². The lowest BCUT2D eigenvalue weighted by Crippen LogP contribution is -2.45. The van der Waals surface area contributed by atoms with Gasteiger partial charge in [0.25, 0.3) is 0 Å². The molecule has 0 aromatic heterocycles. The van der Waals surface area contributed by atoms with Crippen LogP contribution in [0.15, 0.2) is 0 Å². The SMILES string of the molecule is CC(C)(C)C1CCC(C(=O)N(CC(N)=O)CC(=O)O)CC1. The molecule has 1 rings (SSSR count). The number of nitrogens with zero attached hydrogens (tertiary/aromatic N) is 1. The molecule has 0 heterocycles. The Balaban J connectivity index is 2.65. The van der Waals surface area contributed by atoms with Crippen molar-refractivity contribution in [3.63, 3.8) is 0 Å². The van der Waals surface area contributed by atoms with Gasteiger partial charge in [-0.1, -0.05) is 20.8 Å². The van der Waals surface area contributed by atoms with Crippen molar-refractivity contribution < 1.29 is 19.5 Å². The highest BCUT2D eigenvalue weighted by atomic mass is 16.4. The van der Waals surface area contributed by atoms with Crippen LogP contribution in [-0.4, -0.2) is 40.9 Å². The number of amides is 2. The average Bonchev–Trinajstić information content (AvgIpc) is 2.35. The molecule has 1 aliphatic rings. The van der Waals surface area contributed by atoms with E-state index in [2.05, 4.69) is 20.8 Å². The number of aliphatic carboxylic acids is 1. The Kier molecular flexibility index (Phi) is 5.75. The van der Waals surface area contributed by atoms with Crippen LogP contribution in [0.2, 0.25) is 0 Å². The first-order valence-electron chi connectivity index (χ1n) is 7.40. The highest BCUT2D eigenvalue weighted by molar-refractivity contribution is 5.87. The molecule has 6 heteroatoms. The van der Waals surface area contributed by atoms with E-state index in [0.29, 0.717) is 5.92 Å². The zero-order valence-corrected chi connectivity index (χ0v) is 13.1. The Morgan fingerprint density at radius 1 is 1.10 bits per heavy atom. The minimum Gasteiger partial charge on any atom is -0.480 e. The molecule has 0 spiro atoms. The van der Waals surface area contributed by atoms with Crippen LogP contribution in [0.3, 0.4) is 0 Å². The van der Waals surface area contributed by atoms with Gasteiger partial charge in [0.1, 0.15) is 6.54 Å². The maximum absolute atomic E-state index is 12.4. The zero-order chi connectivity index (χ0) is 16.2. The van der Waals surface area contributed by atoms with Crippen molar-refractivity contribution in [3.05, 3.63) is 0 Å². The summed E-state index contributed by atoms with van der Waals surface area (Å²) in [6.07, 6.45) is 3.40. The van der Waals surface area contributed by atoms with Gasteiger partial charge < -0.3 is 15.7 Å². The minimum absolute atomic E-state index is 0.192. The Morgan fingerprint density at radius 2 is 1.62 bits per heavy atom. The van der Waals surface area contributed by atoms with Crippen LogP contribution < -0.4 is 5.73 Å². The van der Waals surface area contributed by atoms with Crippen molar-refractivity contribution in [1.29, 1.82) is 0 Å². The van der Waals surface area contributed by atoms with E-state index in [1.54, 1.807) is 0 Å². The number of primary amides is 1. The first-order valence-corrected chi connectivity index (χ1v) is 7.40. The smallest absolute Gasteiger partial charge is 0.323 e. The quantitative estimate of drug-likeness (QED) is 0.797. The number of carboxylic acids is 1. The lowest BCUT2D eigenvalue weighted by Gasteiger charge is -2.37. The van der Waals surface area contributed by atoms with E-state index in [4.69, 9.17) is 10.8 Å². The lowest BCUT2D eigenvalue weighted by molar-refractivity contribution is -0.148. The van der Waals surface area contributed by atoms with Crippen LogP contribution in [0.25, 0.3) is 0 Å². The van der Waals surface area contributed by atoms with E-state index in [-0.39, 0.29) is 23.8 Å². The summed E-state index contributed by atoms with van der Waals surface area (Å²) < 4.78 is 0. The molecule has 0 saturated heterocycles. The Morgan fingerprint density at radius 3 is 2.00 bits per heavy atom. The van der Waals surface area contributed by atoms with Crippen LogP contribution in [0, 0.1) is 17.3 Å². The molecule has 0 atom stereocenters. The van der Waals surface area contributed by atoms with Gasteiger partial charge in [-0.15, -0.1) is 0 Å². The molecule has 1 fully saturated rings. The summed E-state index contributed by atoms with van der Waals surface area (Å²) in [7, 11) is 0. The van der Waals surface area contributed by atoms with Crippen LogP contribution in [0.1, 0.15) is 46.5 Å².